The van der Waals surface area contributed by atoms with Crippen LogP contribution in [0.3, 0.4) is 0 Å². The van der Waals surface area contributed by atoms with Crippen LogP contribution < -0.4 is 5.32 Å². The third kappa shape index (κ3) is 4.30. The average Bonchev–Trinajstić information content (AvgIpc) is 2.70. The highest BCUT2D eigenvalue weighted by atomic mass is 32.2. The van der Waals surface area contributed by atoms with Crippen molar-refractivity contribution in [1.82, 2.24) is 5.32 Å². The number of rotatable bonds is 4. The quantitative estimate of drug-likeness (QED) is 0.829. The Morgan fingerprint density at radius 1 is 1.27 bits per heavy atom. The monoisotopic (exact) mass is 325 g/mol. The molecule has 0 aromatic heterocycles. The van der Waals surface area contributed by atoms with Gasteiger partial charge in [0.05, 0.1) is 22.6 Å². The minimum absolute atomic E-state index is 0.0624. The molecule has 1 amide bonds. The first-order chi connectivity index (χ1) is 10.2. The molecule has 1 N–H and O–H groups in total. The van der Waals surface area contributed by atoms with Crippen LogP contribution in [0, 0.1) is 6.92 Å². The van der Waals surface area contributed by atoms with Crippen LogP contribution in [0.4, 0.5) is 0 Å². The van der Waals surface area contributed by atoms with Gasteiger partial charge >= 0.3 is 5.97 Å². The molecular formula is C15H19NO5S. The normalized spacial score (nSPS) is 23.0. The van der Waals surface area contributed by atoms with E-state index in [-0.39, 0.29) is 11.5 Å². The molecule has 0 bridgehead atoms. The Hall–Kier alpha value is -1.89. The van der Waals surface area contributed by atoms with Crippen molar-refractivity contribution >= 4 is 21.7 Å². The van der Waals surface area contributed by atoms with Crippen LogP contribution in [0.15, 0.2) is 24.3 Å². The zero-order valence-corrected chi connectivity index (χ0v) is 13.4. The van der Waals surface area contributed by atoms with Gasteiger partial charge in [0.2, 0.25) is 0 Å². The molecule has 1 atom stereocenters. The van der Waals surface area contributed by atoms with Gasteiger partial charge in [0, 0.05) is 0 Å². The summed E-state index contributed by atoms with van der Waals surface area (Å²) in [6.07, 6.45) is 0.368. The summed E-state index contributed by atoms with van der Waals surface area (Å²) in [7, 11) is -3.10. The van der Waals surface area contributed by atoms with E-state index in [0.29, 0.717) is 12.0 Å². The van der Waals surface area contributed by atoms with Crippen molar-refractivity contribution in [2.24, 2.45) is 0 Å². The average molecular weight is 325 g/mol. The van der Waals surface area contributed by atoms with Crippen molar-refractivity contribution in [1.29, 1.82) is 0 Å². The number of benzene rings is 1. The molecule has 120 valence electrons. The van der Waals surface area contributed by atoms with Crippen LogP contribution >= 0.6 is 0 Å². The summed E-state index contributed by atoms with van der Waals surface area (Å²) in [5.41, 5.74) is 0.601. The second kappa shape index (κ2) is 6.08. The molecule has 0 aliphatic carbocycles. The van der Waals surface area contributed by atoms with E-state index >= 15 is 0 Å². The lowest BCUT2D eigenvalue weighted by Gasteiger charge is -2.23. The van der Waals surface area contributed by atoms with E-state index in [4.69, 9.17) is 4.74 Å². The molecule has 22 heavy (non-hydrogen) atoms. The number of hydrogen-bond donors (Lipinski definition) is 1. The third-order valence-corrected chi connectivity index (χ3v) is 5.47. The van der Waals surface area contributed by atoms with Crippen molar-refractivity contribution in [3.8, 4) is 0 Å². The molecule has 0 spiro atoms. The predicted octanol–water partition coefficient (Wildman–Crippen LogP) is 0.845. The van der Waals surface area contributed by atoms with E-state index in [1.807, 2.05) is 6.92 Å². The van der Waals surface area contributed by atoms with Crippen LogP contribution in [-0.2, 0) is 19.4 Å². The minimum atomic E-state index is -3.10. The standard InChI is InChI=1S/C15H19NO5S/c1-11-3-5-12(6-4-11)14(18)21-9-13(17)16-15(2)7-8-22(19,20)10-15/h3-6H,7-10H2,1-2H3,(H,16,17)/t15-/m1/s1. The number of aryl methyl sites for hydroxylation is 1. The van der Waals surface area contributed by atoms with Gasteiger partial charge in [-0.05, 0) is 32.4 Å². The smallest absolute Gasteiger partial charge is 0.338 e. The molecule has 0 unspecified atom stereocenters. The van der Waals surface area contributed by atoms with Gasteiger partial charge in [-0.1, -0.05) is 17.7 Å². The number of carbonyl (C=O) groups is 2. The predicted molar refractivity (Wildman–Crippen MR) is 81.3 cm³/mol. The van der Waals surface area contributed by atoms with Gasteiger partial charge in [-0.2, -0.15) is 0 Å². The Morgan fingerprint density at radius 2 is 1.91 bits per heavy atom. The topological polar surface area (TPSA) is 89.5 Å². The van der Waals surface area contributed by atoms with E-state index in [0.717, 1.165) is 5.56 Å². The molecule has 1 aliphatic heterocycles. The first kappa shape index (κ1) is 16.5. The van der Waals surface area contributed by atoms with Gasteiger partial charge in [0.25, 0.3) is 5.91 Å². The molecule has 0 saturated carbocycles. The molecule has 1 aromatic rings. The number of amides is 1. The van der Waals surface area contributed by atoms with Gasteiger partial charge < -0.3 is 10.1 Å². The van der Waals surface area contributed by atoms with Crippen LogP contribution in [0.1, 0.15) is 29.3 Å². The van der Waals surface area contributed by atoms with Crippen molar-refractivity contribution in [2.45, 2.75) is 25.8 Å². The molecule has 1 aromatic carbocycles. The van der Waals surface area contributed by atoms with Crippen molar-refractivity contribution in [2.75, 3.05) is 18.1 Å². The second-order valence-corrected chi connectivity index (χ2v) is 8.08. The minimum Gasteiger partial charge on any atom is -0.452 e. The highest BCUT2D eigenvalue weighted by Crippen LogP contribution is 2.22. The molecular weight excluding hydrogens is 306 g/mol. The first-order valence-electron chi connectivity index (χ1n) is 6.94. The molecule has 2 rings (SSSR count). The largest absolute Gasteiger partial charge is 0.452 e. The fourth-order valence-corrected chi connectivity index (χ4v) is 4.48. The SMILES string of the molecule is Cc1ccc(C(=O)OCC(=O)N[C@]2(C)CCS(=O)(=O)C2)cc1. The molecule has 7 heteroatoms. The van der Waals surface area contributed by atoms with Crippen LogP contribution in [-0.4, -0.2) is 43.9 Å². The van der Waals surface area contributed by atoms with Crippen molar-refractivity contribution in [3.05, 3.63) is 35.4 Å². The summed E-state index contributed by atoms with van der Waals surface area (Å²) in [5, 5.41) is 2.63. The van der Waals surface area contributed by atoms with E-state index in [9.17, 15) is 18.0 Å². The summed E-state index contributed by atoms with van der Waals surface area (Å²) < 4.78 is 27.9. The fourth-order valence-electron chi connectivity index (χ4n) is 2.39. The molecule has 1 aliphatic rings. The maximum Gasteiger partial charge on any atom is 0.338 e. The van der Waals surface area contributed by atoms with E-state index < -0.39 is 33.9 Å². The van der Waals surface area contributed by atoms with Crippen molar-refractivity contribution < 1.29 is 22.7 Å². The number of esters is 1. The van der Waals surface area contributed by atoms with Gasteiger partial charge in [-0.25, -0.2) is 13.2 Å². The summed E-state index contributed by atoms with van der Waals surface area (Å²) in [5.74, 6) is -1.11. The zero-order chi connectivity index (χ0) is 16.4. The molecule has 1 heterocycles. The Kier molecular flexibility index (Phi) is 4.55. The summed E-state index contributed by atoms with van der Waals surface area (Å²) in [6, 6.07) is 6.81. The van der Waals surface area contributed by atoms with Crippen LogP contribution in [0.25, 0.3) is 0 Å². The van der Waals surface area contributed by atoms with E-state index in [1.165, 1.54) is 0 Å². The van der Waals surface area contributed by atoms with E-state index in [2.05, 4.69) is 5.32 Å². The van der Waals surface area contributed by atoms with Gasteiger partial charge in [0.15, 0.2) is 16.4 Å². The Bertz CT molecular complexity index is 680. The summed E-state index contributed by atoms with van der Waals surface area (Å²) in [4.78, 5) is 23.6. The maximum atomic E-state index is 11.8. The second-order valence-electron chi connectivity index (χ2n) is 5.89. The number of nitrogens with one attached hydrogen (secondary N) is 1. The van der Waals surface area contributed by atoms with Gasteiger partial charge in [-0.15, -0.1) is 0 Å². The third-order valence-electron chi connectivity index (χ3n) is 3.57. The highest BCUT2D eigenvalue weighted by Gasteiger charge is 2.39. The number of ether oxygens (including phenoxy) is 1. The number of carbonyl (C=O) groups excluding carboxylic acids is 2. The lowest BCUT2D eigenvalue weighted by atomic mass is 10.0. The van der Waals surface area contributed by atoms with Crippen LogP contribution in [0.2, 0.25) is 0 Å². The maximum absolute atomic E-state index is 11.8. The highest BCUT2D eigenvalue weighted by molar-refractivity contribution is 7.91. The lowest BCUT2D eigenvalue weighted by Crippen LogP contribution is -2.48. The molecule has 1 fully saturated rings. The Labute approximate surface area is 129 Å². The Balaban J connectivity index is 1.85. The fraction of sp³-hybridized carbons (Fsp3) is 0.467. The summed E-state index contributed by atoms with van der Waals surface area (Å²) in [6.45, 7) is 3.15. The van der Waals surface area contributed by atoms with Crippen LogP contribution in [0.5, 0.6) is 0 Å². The first-order valence-corrected chi connectivity index (χ1v) is 8.77. The molecule has 0 radical (unpaired) electrons. The Morgan fingerprint density at radius 3 is 2.45 bits per heavy atom. The van der Waals surface area contributed by atoms with Gasteiger partial charge in [-0.3, -0.25) is 4.79 Å². The molecule has 1 saturated heterocycles. The zero-order valence-electron chi connectivity index (χ0n) is 12.6. The lowest BCUT2D eigenvalue weighted by molar-refractivity contribution is -0.125. The number of sulfone groups is 1. The summed E-state index contributed by atoms with van der Waals surface area (Å²) >= 11 is 0. The molecule has 6 nitrogen and oxygen atoms in total. The van der Waals surface area contributed by atoms with Crippen molar-refractivity contribution in [3.63, 3.8) is 0 Å². The van der Waals surface area contributed by atoms with E-state index in [1.54, 1.807) is 31.2 Å². The number of hydrogen-bond acceptors (Lipinski definition) is 5. The van der Waals surface area contributed by atoms with Gasteiger partial charge in [0.1, 0.15) is 0 Å².